The Labute approximate surface area is 221 Å². The van der Waals surface area contributed by atoms with Crippen molar-refractivity contribution in [1.82, 2.24) is 4.57 Å². The summed E-state index contributed by atoms with van der Waals surface area (Å²) in [4.78, 5) is 42.9. The predicted octanol–water partition coefficient (Wildman–Crippen LogP) is 2.85. The van der Waals surface area contributed by atoms with Gasteiger partial charge in [0.15, 0.2) is 14.6 Å². The third-order valence-electron chi connectivity index (χ3n) is 5.66. The van der Waals surface area contributed by atoms with Gasteiger partial charge in [-0.25, -0.2) is 13.2 Å². The molecule has 10 nitrogen and oxygen atoms in total. The van der Waals surface area contributed by atoms with Gasteiger partial charge in [-0.15, -0.1) is 11.3 Å². The maximum Gasteiger partial charge on any atom is 0.341 e. The molecule has 37 heavy (non-hydrogen) atoms. The average Bonchev–Trinajstić information content (AvgIpc) is 3.46. The van der Waals surface area contributed by atoms with Crippen LogP contribution in [0, 0.1) is 0 Å². The Hall–Kier alpha value is -3.03. The number of thiazole rings is 1. The highest BCUT2D eigenvalue weighted by Crippen LogP contribution is 2.39. The molecule has 198 valence electrons. The summed E-state index contributed by atoms with van der Waals surface area (Å²) in [5.74, 6) is -3.37. The number of aryl methyl sites for hydroxylation is 2. The van der Waals surface area contributed by atoms with Crippen LogP contribution in [0.1, 0.15) is 41.1 Å². The fraction of sp³-hybridized carbons (Fsp3) is 0.417. The first-order valence-electron chi connectivity index (χ1n) is 11.7. The Morgan fingerprint density at radius 2 is 1.89 bits per heavy atom. The number of nitrogens with zero attached hydrogens (tertiary/aromatic N) is 2. The number of rotatable bonds is 9. The van der Waals surface area contributed by atoms with Crippen molar-refractivity contribution in [2.75, 3.05) is 30.0 Å². The molecule has 0 spiro atoms. The lowest BCUT2D eigenvalue weighted by atomic mass is 10.1. The maximum atomic E-state index is 12.6. The number of sulfone groups is 1. The summed E-state index contributed by atoms with van der Waals surface area (Å²) >= 11 is 2.49. The van der Waals surface area contributed by atoms with Crippen LogP contribution in [0.3, 0.4) is 0 Å². The number of hydrogen-bond acceptors (Lipinski definition) is 9. The summed E-state index contributed by atoms with van der Waals surface area (Å²) in [6.07, 6.45) is 2.40. The van der Waals surface area contributed by atoms with Gasteiger partial charge in [-0.2, -0.15) is 4.99 Å². The molecule has 1 N–H and O–H groups in total. The third-order valence-corrected chi connectivity index (χ3v) is 9.35. The number of anilines is 1. The molecule has 0 bridgehead atoms. The molecule has 0 saturated heterocycles. The van der Waals surface area contributed by atoms with E-state index in [2.05, 4.69) is 10.3 Å². The second-order valence-electron chi connectivity index (χ2n) is 8.37. The van der Waals surface area contributed by atoms with Crippen LogP contribution in [0.2, 0.25) is 0 Å². The Kier molecular flexibility index (Phi) is 8.14. The van der Waals surface area contributed by atoms with Crippen LogP contribution in [-0.2, 0) is 44.1 Å². The van der Waals surface area contributed by atoms with Gasteiger partial charge in [0.1, 0.15) is 22.3 Å². The van der Waals surface area contributed by atoms with Crippen LogP contribution < -0.4 is 14.9 Å². The molecule has 1 aliphatic carbocycles. The van der Waals surface area contributed by atoms with Crippen molar-refractivity contribution >= 4 is 65.5 Å². The van der Waals surface area contributed by atoms with Crippen LogP contribution in [-0.4, -0.2) is 55.5 Å². The van der Waals surface area contributed by atoms with E-state index < -0.39 is 39.1 Å². The molecule has 0 radical (unpaired) electrons. The van der Waals surface area contributed by atoms with Gasteiger partial charge in [-0.1, -0.05) is 11.3 Å². The Morgan fingerprint density at radius 1 is 1.11 bits per heavy atom. The highest BCUT2D eigenvalue weighted by atomic mass is 32.2. The largest absolute Gasteiger partial charge is 0.494 e. The van der Waals surface area contributed by atoms with Crippen molar-refractivity contribution in [2.45, 2.75) is 33.1 Å². The van der Waals surface area contributed by atoms with Crippen LogP contribution in [0.25, 0.3) is 10.2 Å². The number of nitrogens with one attached hydrogen (secondary N) is 1. The number of fused-ring (bicyclic) bond motifs is 2. The van der Waals surface area contributed by atoms with Gasteiger partial charge in [-0.3, -0.25) is 9.59 Å². The topological polar surface area (TPSA) is 133 Å². The summed E-state index contributed by atoms with van der Waals surface area (Å²) in [7, 11) is -2.38. The zero-order valence-electron chi connectivity index (χ0n) is 20.7. The molecule has 0 fully saturated rings. The van der Waals surface area contributed by atoms with Crippen LogP contribution in [0.4, 0.5) is 5.00 Å². The minimum atomic E-state index is -4.11. The molecule has 2 amide bonds. The zero-order chi connectivity index (χ0) is 26.7. The monoisotopic (exact) mass is 565 g/mol. The van der Waals surface area contributed by atoms with Gasteiger partial charge in [0.2, 0.25) is 5.91 Å². The van der Waals surface area contributed by atoms with Gasteiger partial charge in [0.25, 0.3) is 5.91 Å². The highest BCUT2D eigenvalue weighted by Gasteiger charge is 2.29. The number of aromatic nitrogens is 1. The summed E-state index contributed by atoms with van der Waals surface area (Å²) < 4.78 is 38.4. The quantitative estimate of drug-likeness (QED) is 0.395. The number of thiophene rings is 1. The first-order valence-corrected chi connectivity index (χ1v) is 15.2. The van der Waals surface area contributed by atoms with E-state index in [4.69, 9.17) is 9.47 Å². The van der Waals surface area contributed by atoms with E-state index in [-0.39, 0.29) is 11.6 Å². The smallest absolute Gasteiger partial charge is 0.341 e. The highest BCUT2D eigenvalue weighted by molar-refractivity contribution is 7.92. The molecule has 4 rings (SSSR count). The van der Waals surface area contributed by atoms with Crippen molar-refractivity contribution in [3.8, 4) is 5.75 Å². The zero-order valence-corrected chi connectivity index (χ0v) is 23.1. The molecular formula is C24H27N3O7S3. The molecular weight excluding hydrogens is 538 g/mol. The summed E-state index contributed by atoms with van der Waals surface area (Å²) in [6, 6.07) is 5.48. The average molecular weight is 566 g/mol. The molecule has 0 aliphatic heterocycles. The van der Waals surface area contributed by atoms with Crippen LogP contribution in [0.5, 0.6) is 5.75 Å². The Bertz CT molecular complexity index is 1550. The second kappa shape index (κ2) is 11.2. The molecule has 1 aliphatic rings. The normalized spacial score (nSPS) is 13.5. The number of esters is 1. The molecule has 0 atom stereocenters. The van der Waals surface area contributed by atoms with Crippen molar-refractivity contribution in [3.05, 3.63) is 39.0 Å². The van der Waals surface area contributed by atoms with E-state index in [1.807, 2.05) is 25.1 Å². The van der Waals surface area contributed by atoms with Gasteiger partial charge in [0, 0.05) is 11.9 Å². The van der Waals surface area contributed by atoms with Crippen molar-refractivity contribution in [3.63, 3.8) is 0 Å². The van der Waals surface area contributed by atoms with E-state index in [1.165, 1.54) is 22.7 Å². The summed E-state index contributed by atoms with van der Waals surface area (Å²) in [6.45, 7) is 4.27. The number of ether oxygens (including phenoxy) is 2. The second-order valence-corrected chi connectivity index (χ2v) is 12.6. The lowest BCUT2D eigenvalue weighted by Crippen LogP contribution is -2.28. The first kappa shape index (κ1) is 27.0. The molecule has 1 aromatic carbocycles. The van der Waals surface area contributed by atoms with Gasteiger partial charge in [-0.05, 0) is 56.9 Å². The first-order chi connectivity index (χ1) is 17.6. The van der Waals surface area contributed by atoms with Gasteiger partial charge >= 0.3 is 5.97 Å². The van der Waals surface area contributed by atoms with Crippen molar-refractivity contribution in [2.24, 2.45) is 12.0 Å². The van der Waals surface area contributed by atoms with Gasteiger partial charge in [0.05, 0.1) is 29.0 Å². The molecule has 0 saturated carbocycles. The predicted molar refractivity (Wildman–Crippen MR) is 142 cm³/mol. The number of amides is 2. The van der Waals surface area contributed by atoms with E-state index in [0.29, 0.717) is 29.1 Å². The van der Waals surface area contributed by atoms with Crippen molar-refractivity contribution in [1.29, 1.82) is 0 Å². The number of carbonyl (C=O) groups excluding carboxylic acids is 3. The SMILES string of the molecule is CCOC(=O)c1c(NC(=O)CS(=O)(=O)CC(=O)N=c2sc3cc(OCC)ccc3n2C)sc2c1CCC2. The Balaban J connectivity index is 1.46. The number of benzene rings is 1. The van der Waals surface area contributed by atoms with Gasteiger partial charge < -0.3 is 19.4 Å². The summed E-state index contributed by atoms with van der Waals surface area (Å²) in [5.41, 5.74) is 1.96. The van der Waals surface area contributed by atoms with Crippen molar-refractivity contribution < 1.29 is 32.3 Å². The van der Waals surface area contributed by atoms with E-state index in [9.17, 15) is 22.8 Å². The fourth-order valence-corrected chi connectivity index (χ4v) is 7.50. The minimum absolute atomic E-state index is 0.183. The Morgan fingerprint density at radius 3 is 2.62 bits per heavy atom. The molecule has 0 unspecified atom stereocenters. The van der Waals surface area contributed by atoms with Crippen LogP contribution >= 0.6 is 22.7 Å². The lowest BCUT2D eigenvalue weighted by Gasteiger charge is -2.08. The number of carbonyl (C=O) groups is 3. The third kappa shape index (κ3) is 6.11. The molecule has 3 aromatic rings. The van der Waals surface area contributed by atoms with E-state index in [0.717, 1.165) is 33.5 Å². The maximum absolute atomic E-state index is 12.6. The lowest BCUT2D eigenvalue weighted by molar-refractivity contribution is -0.115. The number of hydrogen-bond donors (Lipinski definition) is 1. The summed E-state index contributed by atoms with van der Waals surface area (Å²) in [5, 5.41) is 2.83. The molecule has 2 aromatic heterocycles. The fourth-order valence-electron chi connectivity index (χ4n) is 4.13. The molecule has 13 heteroatoms. The minimum Gasteiger partial charge on any atom is -0.494 e. The van der Waals surface area contributed by atoms with E-state index >= 15 is 0 Å². The molecule has 2 heterocycles. The van der Waals surface area contributed by atoms with E-state index in [1.54, 1.807) is 18.5 Å². The standard InChI is InChI=1S/C24H27N3O7S3/c1-4-33-14-9-10-16-18(11-14)36-24(27(16)3)26-20(29)13-37(31,32)12-19(28)25-22-21(23(30)34-5-2)15-7-6-8-17(15)35-22/h9-11H,4-8,12-13H2,1-3H3,(H,25,28). The van der Waals surface area contributed by atoms with Crippen LogP contribution in [0.15, 0.2) is 23.2 Å².